The van der Waals surface area contributed by atoms with Crippen LogP contribution in [0.1, 0.15) is 25.0 Å². The predicted molar refractivity (Wildman–Crippen MR) is 163 cm³/mol. The minimum atomic E-state index is -0.138. The summed E-state index contributed by atoms with van der Waals surface area (Å²) in [4.78, 5) is 10.6. The van der Waals surface area contributed by atoms with Crippen LogP contribution in [0, 0.1) is 0 Å². The molecule has 41 heavy (non-hydrogen) atoms. The molecule has 0 N–H and O–H groups in total. The zero-order chi connectivity index (χ0) is 26.8. The van der Waals surface area contributed by atoms with E-state index in [-0.39, 0.29) is 5.41 Å². The standard InChI is InChI=1S/C35H21N5O/c1-35(2)22-10-5-3-8-18(22)20-14-15-24-31(30(20)35)37-34-38(24)25-11-7-12-26-32(25)40(34)33-36-23-17-29-21(16-27(23)39(26)33)19-9-4-6-13-28(19)41-29/h3-17H,1-2H3. The lowest BCUT2D eigenvalue weighted by molar-refractivity contribution is 0.665. The molecule has 5 aromatic heterocycles. The highest BCUT2D eigenvalue weighted by Gasteiger charge is 2.38. The fourth-order valence-corrected chi connectivity index (χ4v) is 7.84. The highest BCUT2D eigenvalue weighted by atomic mass is 16.3. The lowest BCUT2D eigenvalue weighted by Crippen LogP contribution is -2.15. The van der Waals surface area contributed by atoms with E-state index in [0.29, 0.717) is 0 Å². The van der Waals surface area contributed by atoms with Crippen LogP contribution in [0.4, 0.5) is 0 Å². The molecular formula is C35H21N5O. The van der Waals surface area contributed by atoms with Crippen LogP contribution >= 0.6 is 0 Å². The Hall–Kier alpha value is -5.36. The summed E-state index contributed by atoms with van der Waals surface area (Å²) in [5, 5.41) is 2.23. The summed E-state index contributed by atoms with van der Waals surface area (Å²) in [6.07, 6.45) is 0. The fourth-order valence-electron chi connectivity index (χ4n) is 7.84. The first kappa shape index (κ1) is 20.5. The molecular weight excluding hydrogens is 506 g/mol. The summed E-state index contributed by atoms with van der Waals surface area (Å²) < 4.78 is 13.0. The fraction of sp³-hybridized carbons (Fsp3) is 0.0857. The number of benzene rings is 5. The van der Waals surface area contributed by atoms with Gasteiger partial charge in [0.05, 0.1) is 33.1 Å². The van der Waals surface area contributed by atoms with Gasteiger partial charge in [0.25, 0.3) is 0 Å². The van der Waals surface area contributed by atoms with Crippen molar-refractivity contribution in [3.63, 3.8) is 0 Å². The average molecular weight is 528 g/mol. The molecule has 1 aliphatic rings. The maximum absolute atomic E-state index is 6.20. The molecule has 0 radical (unpaired) electrons. The molecule has 1 aliphatic carbocycles. The lowest BCUT2D eigenvalue weighted by atomic mass is 9.82. The maximum atomic E-state index is 6.20. The van der Waals surface area contributed by atoms with Gasteiger partial charge in [-0.05, 0) is 52.6 Å². The van der Waals surface area contributed by atoms with Crippen LogP contribution in [0.15, 0.2) is 95.4 Å². The second-order valence-corrected chi connectivity index (χ2v) is 11.9. The highest BCUT2D eigenvalue weighted by Crippen LogP contribution is 2.51. The summed E-state index contributed by atoms with van der Waals surface area (Å²) in [7, 11) is 0. The zero-order valence-electron chi connectivity index (χ0n) is 22.3. The summed E-state index contributed by atoms with van der Waals surface area (Å²) in [6, 6.07) is 32.3. The van der Waals surface area contributed by atoms with Gasteiger partial charge < -0.3 is 4.42 Å². The van der Waals surface area contributed by atoms with Gasteiger partial charge in [-0.15, -0.1) is 0 Å². The van der Waals surface area contributed by atoms with Crippen molar-refractivity contribution in [3.8, 4) is 11.1 Å². The third-order valence-electron chi connectivity index (χ3n) is 9.56. The van der Waals surface area contributed by atoms with Crippen LogP contribution in [0.5, 0.6) is 0 Å². The SMILES string of the molecule is CC1(C)c2ccccc2-c2ccc3c(nc4n3c3cccc5c3n4c3nc4cc6oc7ccccc7c6cc4n53)c21. The number of hydrogen-bond acceptors (Lipinski definition) is 3. The van der Waals surface area contributed by atoms with E-state index in [9.17, 15) is 0 Å². The van der Waals surface area contributed by atoms with Crippen molar-refractivity contribution in [3.05, 3.63) is 102 Å². The maximum Gasteiger partial charge on any atom is 0.223 e. The quantitative estimate of drug-likeness (QED) is 0.199. The molecule has 0 amide bonds. The summed E-state index contributed by atoms with van der Waals surface area (Å²) >= 11 is 0. The van der Waals surface area contributed by atoms with Crippen molar-refractivity contribution in [1.82, 2.24) is 23.2 Å². The van der Waals surface area contributed by atoms with E-state index in [1.54, 1.807) is 0 Å². The molecule has 0 spiro atoms. The van der Waals surface area contributed by atoms with Crippen LogP contribution < -0.4 is 0 Å². The Kier molecular flexibility index (Phi) is 3.17. The Bertz CT molecular complexity index is 2780. The second kappa shape index (κ2) is 6.34. The average Bonchev–Trinajstić information content (AvgIpc) is 3.79. The Balaban J connectivity index is 1.31. The Morgan fingerprint density at radius 2 is 1.39 bits per heavy atom. The Labute approximate surface area is 232 Å². The van der Waals surface area contributed by atoms with Crippen LogP contribution in [0.2, 0.25) is 0 Å². The van der Waals surface area contributed by atoms with Gasteiger partial charge in [-0.25, -0.2) is 14.4 Å². The summed E-state index contributed by atoms with van der Waals surface area (Å²) in [5.74, 6) is 1.76. The van der Waals surface area contributed by atoms with Gasteiger partial charge in [-0.1, -0.05) is 68.4 Å². The molecule has 10 aromatic rings. The molecule has 6 nitrogen and oxygen atoms in total. The van der Waals surface area contributed by atoms with Gasteiger partial charge in [0.1, 0.15) is 16.7 Å². The summed E-state index contributed by atoms with van der Waals surface area (Å²) in [6.45, 7) is 4.64. The van der Waals surface area contributed by atoms with Gasteiger partial charge in [0.2, 0.25) is 11.6 Å². The molecule has 0 atom stereocenters. The highest BCUT2D eigenvalue weighted by molar-refractivity contribution is 6.11. The van der Waals surface area contributed by atoms with Crippen LogP contribution in [0.3, 0.4) is 0 Å². The monoisotopic (exact) mass is 527 g/mol. The third kappa shape index (κ3) is 2.13. The molecule has 0 fully saturated rings. The molecule has 0 unspecified atom stereocenters. The van der Waals surface area contributed by atoms with E-state index in [1.807, 2.05) is 12.1 Å². The van der Waals surface area contributed by atoms with Gasteiger partial charge in [-0.2, -0.15) is 0 Å². The summed E-state index contributed by atoms with van der Waals surface area (Å²) in [5.41, 5.74) is 14.5. The number of imidazole rings is 4. The van der Waals surface area contributed by atoms with Crippen molar-refractivity contribution in [2.45, 2.75) is 19.3 Å². The molecule has 6 heteroatoms. The molecule has 192 valence electrons. The minimum Gasteiger partial charge on any atom is -0.456 e. The molecule has 5 aromatic carbocycles. The topological polar surface area (TPSA) is 52.2 Å². The van der Waals surface area contributed by atoms with E-state index in [0.717, 1.165) is 72.1 Å². The van der Waals surface area contributed by atoms with E-state index in [2.05, 4.69) is 106 Å². The van der Waals surface area contributed by atoms with E-state index in [1.165, 1.54) is 22.3 Å². The first-order valence-electron chi connectivity index (χ1n) is 14.0. The van der Waals surface area contributed by atoms with Gasteiger partial charge in [0.15, 0.2) is 0 Å². The Morgan fingerprint density at radius 3 is 2.29 bits per heavy atom. The number of aromatic nitrogens is 5. The van der Waals surface area contributed by atoms with Crippen LogP contribution in [-0.2, 0) is 5.41 Å². The zero-order valence-corrected chi connectivity index (χ0v) is 22.3. The van der Waals surface area contributed by atoms with Gasteiger partial charge in [-0.3, -0.25) is 8.80 Å². The van der Waals surface area contributed by atoms with E-state index >= 15 is 0 Å². The van der Waals surface area contributed by atoms with Crippen molar-refractivity contribution in [1.29, 1.82) is 0 Å². The number of furan rings is 1. The molecule has 0 saturated heterocycles. The van der Waals surface area contributed by atoms with Gasteiger partial charge >= 0.3 is 0 Å². The van der Waals surface area contributed by atoms with E-state index in [4.69, 9.17) is 14.4 Å². The number of hydrogen-bond donors (Lipinski definition) is 0. The van der Waals surface area contributed by atoms with Crippen LogP contribution in [0.25, 0.3) is 83.2 Å². The smallest absolute Gasteiger partial charge is 0.223 e. The number of rotatable bonds is 0. The van der Waals surface area contributed by atoms with Crippen LogP contribution in [-0.4, -0.2) is 23.2 Å². The largest absolute Gasteiger partial charge is 0.456 e. The normalized spacial score (nSPS) is 14.8. The first-order chi connectivity index (χ1) is 20.1. The number of fused-ring (bicyclic) bond motifs is 17. The first-order valence-corrected chi connectivity index (χ1v) is 14.0. The number of para-hydroxylation sites is 2. The second-order valence-electron chi connectivity index (χ2n) is 11.9. The Morgan fingerprint density at radius 1 is 0.610 bits per heavy atom. The van der Waals surface area contributed by atoms with E-state index < -0.39 is 0 Å². The predicted octanol–water partition coefficient (Wildman–Crippen LogP) is 8.34. The van der Waals surface area contributed by atoms with Gasteiger partial charge in [0, 0.05) is 22.3 Å². The number of nitrogens with zero attached hydrogens (tertiary/aromatic N) is 5. The minimum absolute atomic E-state index is 0.138. The molecule has 0 saturated carbocycles. The van der Waals surface area contributed by atoms with Crippen molar-refractivity contribution in [2.24, 2.45) is 0 Å². The molecule has 0 bridgehead atoms. The lowest BCUT2D eigenvalue weighted by Gasteiger charge is -2.21. The third-order valence-corrected chi connectivity index (χ3v) is 9.56. The molecule has 5 heterocycles. The molecule has 0 aliphatic heterocycles. The van der Waals surface area contributed by atoms with Crippen molar-refractivity contribution < 1.29 is 4.42 Å². The van der Waals surface area contributed by atoms with Crippen molar-refractivity contribution in [2.75, 3.05) is 0 Å². The van der Waals surface area contributed by atoms with Crippen molar-refractivity contribution >= 4 is 72.1 Å². The molecule has 11 rings (SSSR count).